The molecule has 0 unspecified atom stereocenters. The quantitative estimate of drug-likeness (QED) is 0.0683. The van der Waals surface area contributed by atoms with Gasteiger partial charge >= 0.3 is 23.9 Å². The maximum atomic E-state index is 14.1. The van der Waals surface area contributed by atoms with Gasteiger partial charge in [-0.2, -0.15) is 0 Å². The summed E-state index contributed by atoms with van der Waals surface area (Å²) in [6, 6.07) is 9.02. The van der Waals surface area contributed by atoms with Gasteiger partial charge in [-0.3, -0.25) is 0 Å². The molecule has 6 aromatic heterocycles. The molecular formula is C45H49N5O9. The number of rotatable bonds is 12. The average molecular weight is 804 g/mol. The highest BCUT2D eigenvalue weighted by atomic mass is 16.5. The Labute approximate surface area is 341 Å². The smallest absolute Gasteiger partial charge is 0.341 e. The summed E-state index contributed by atoms with van der Waals surface area (Å²) in [5.74, 6) is -2.73. The SMILES string of the molecule is CCOC(=O)c1c2[nH]c(c1C(=O)OCC)-c1[nH]c(c(CC)c1CC)-c1cccc(n1)-c1[nH]c(c(CC)c1CC)-c1[nH]c(c(C(=O)OCC)c1C(=O)OCC)-c1ccc-2o1. The van der Waals surface area contributed by atoms with Crippen molar-refractivity contribution in [2.45, 2.75) is 81.1 Å². The largest absolute Gasteiger partial charge is 0.462 e. The van der Waals surface area contributed by atoms with Crippen molar-refractivity contribution in [1.82, 2.24) is 24.9 Å². The van der Waals surface area contributed by atoms with Gasteiger partial charge in [0.25, 0.3) is 0 Å². The molecule has 0 spiro atoms. The van der Waals surface area contributed by atoms with Crippen molar-refractivity contribution in [1.29, 1.82) is 0 Å². The maximum absolute atomic E-state index is 14.1. The van der Waals surface area contributed by atoms with Gasteiger partial charge in [-0.25, -0.2) is 24.2 Å². The van der Waals surface area contributed by atoms with Crippen LogP contribution in [0.15, 0.2) is 34.7 Å². The number of carbonyl (C=O) groups is 4. The zero-order valence-electron chi connectivity index (χ0n) is 34.7. The molecule has 14 nitrogen and oxygen atoms in total. The number of furan rings is 1. The van der Waals surface area contributed by atoms with Gasteiger partial charge in [-0.1, -0.05) is 33.8 Å². The zero-order valence-corrected chi connectivity index (χ0v) is 34.7. The van der Waals surface area contributed by atoms with Crippen molar-refractivity contribution < 1.29 is 42.5 Å². The minimum absolute atomic E-state index is 0.0275. The first-order chi connectivity index (χ1) is 28.6. The van der Waals surface area contributed by atoms with Crippen molar-refractivity contribution >= 4 is 23.9 Å². The Morgan fingerprint density at radius 1 is 0.441 bits per heavy atom. The predicted molar refractivity (Wildman–Crippen MR) is 221 cm³/mol. The van der Waals surface area contributed by atoms with E-state index in [4.69, 9.17) is 28.3 Å². The highest BCUT2D eigenvalue weighted by Gasteiger charge is 2.37. The third-order valence-electron chi connectivity index (χ3n) is 10.6. The number of fused-ring (bicyclic) bond motifs is 18. The highest BCUT2D eigenvalue weighted by Crippen LogP contribution is 2.44. The summed E-state index contributed by atoms with van der Waals surface area (Å²) < 4.78 is 28.8. The van der Waals surface area contributed by atoms with E-state index in [0.29, 0.717) is 59.8 Å². The summed E-state index contributed by atoms with van der Waals surface area (Å²) in [4.78, 5) is 75.3. The lowest BCUT2D eigenvalue weighted by Gasteiger charge is -2.08. The lowest BCUT2D eigenvalue weighted by Crippen LogP contribution is -2.14. The molecule has 0 amide bonds. The molecule has 6 aromatic rings. The topological polar surface area (TPSA) is 194 Å². The molecule has 0 atom stereocenters. The summed E-state index contributed by atoms with van der Waals surface area (Å²) in [6.07, 6.45) is 2.44. The molecule has 0 saturated heterocycles. The molecule has 0 aliphatic carbocycles. The Morgan fingerprint density at radius 3 is 1.07 bits per heavy atom. The second-order valence-corrected chi connectivity index (χ2v) is 13.8. The monoisotopic (exact) mass is 803 g/mol. The fourth-order valence-electron chi connectivity index (χ4n) is 8.27. The molecule has 0 saturated carbocycles. The first-order valence-corrected chi connectivity index (χ1v) is 20.4. The van der Waals surface area contributed by atoms with E-state index < -0.39 is 23.9 Å². The van der Waals surface area contributed by atoms with Crippen LogP contribution in [0.25, 0.3) is 68.5 Å². The molecule has 308 valence electrons. The Hall–Kier alpha value is -6.57. The molecule has 1 aliphatic rings. The molecular weight excluding hydrogens is 755 g/mol. The number of aromatic amines is 4. The van der Waals surface area contributed by atoms with Crippen LogP contribution in [0.3, 0.4) is 0 Å². The van der Waals surface area contributed by atoms with Crippen LogP contribution in [0.2, 0.25) is 0 Å². The van der Waals surface area contributed by atoms with Crippen LogP contribution in [0.1, 0.15) is 119 Å². The van der Waals surface area contributed by atoms with Gasteiger partial charge < -0.3 is 43.3 Å². The molecule has 12 bridgehead atoms. The first kappa shape index (κ1) is 40.6. The Balaban J connectivity index is 1.67. The maximum Gasteiger partial charge on any atom is 0.341 e. The van der Waals surface area contributed by atoms with E-state index in [1.54, 1.807) is 39.8 Å². The summed E-state index contributed by atoms with van der Waals surface area (Å²) in [6.45, 7) is 15.1. The number of hydrogen-bond acceptors (Lipinski definition) is 10. The van der Waals surface area contributed by atoms with E-state index in [-0.39, 0.29) is 71.6 Å². The third kappa shape index (κ3) is 6.75. The number of carbonyl (C=O) groups excluding carboxylic acids is 4. The number of esters is 4. The number of aromatic nitrogens is 5. The van der Waals surface area contributed by atoms with Crippen molar-refractivity contribution in [2.75, 3.05) is 26.4 Å². The summed E-state index contributed by atoms with van der Waals surface area (Å²) >= 11 is 0. The summed E-state index contributed by atoms with van der Waals surface area (Å²) in [5, 5.41) is 0. The van der Waals surface area contributed by atoms with Gasteiger partial charge in [0.05, 0.1) is 83.4 Å². The third-order valence-corrected chi connectivity index (χ3v) is 10.6. The molecule has 7 rings (SSSR count). The van der Waals surface area contributed by atoms with Crippen molar-refractivity contribution in [3.63, 3.8) is 0 Å². The highest BCUT2D eigenvalue weighted by molar-refractivity contribution is 6.13. The minimum atomic E-state index is -0.771. The number of pyridine rings is 1. The molecule has 4 N–H and O–H groups in total. The molecule has 14 heteroatoms. The number of nitrogens with one attached hydrogen (secondary N) is 4. The van der Waals surface area contributed by atoms with E-state index in [2.05, 4.69) is 33.8 Å². The van der Waals surface area contributed by atoms with Gasteiger partial charge in [-0.05, 0) is 99.9 Å². The Bertz CT molecular complexity index is 2420. The van der Waals surface area contributed by atoms with Gasteiger partial charge in [-0.15, -0.1) is 0 Å². The van der Waals surface area contributed by atoms with Crippen LogP contribution >= 0.6 is 0 Å². The Morgan fingerprint density at radius 2 is 0.746 bits per heavy atom. The van der Waals surface area contributed by atoms with Crippen LogP contribution in [0.5, 0.6) is 0 Å². The molecule has 7 heterocycles. The number of ether oxygens (including phenoxy) is 4. The van der Waals surface area contributed by atoms with E-state index in [0.717, 1.165) is 33.6 Å². The number of H-pyrrole nitrogens is 4. The average Bonchev–Trinajstić information content (AvgIpc) is 4.06. The minimum Gasteiger partial charge on any atom is -0.462 e. The van der Waals surface area contributed by atoms with Gasteiger partial charge in [0.1, 0.15) is 22.3 Å². The lowest BCUT2D eigenvalue weighted by atomic mass is 9.98. The zero-order chi connectivity index (χ0) is 42.1. The second-order valence-electron chi connectivity index (χ2n) is 13.8. The van der Waals surface area contributed by atoms with E-state index in [1.807, 2.05) is 32.0 Å². The van der Waals surface area contributed by atoms with Crippen LogP contribution < -0.4 is 0 Å². The van der Waals surface area contributed by atoms with E-state index >= 15 is 0 Å². The van der Waals surface area contributed by atoms with Gasteiger partial charge in [0, 0.05) is 0 Å². The van der Waals surface area contributed by atoms with Gasteiger partial charge in [0.15, 0.2) is 11.5 Å². The first-order valence-electron chi connectivity index (χ1n) is 20.4. The van der Waals surface area contributed by atoms with E-state index in [1.165, 1.54) is 0 Å². The molecule has 1 aliphatic heterocycles. The molecule has 0 aromatic carbocycles. The van der Waals surface area contributed by atoms with Crippen LogP contribution in [-0.4, -0.2) is 75.2 Å². The summed E-state index contributed by atoms with van der Waals surface area (Å²) in [5.41, 5.74) is 8.52. The summed E-state index contributed by atoms with van der Waals surface area (Å²) in [7, 11) is 0. The van der Waals surface area contributed by atoms with Gasteiger partial charge in [0.2, 0.25) is 0 Å². The predicted octanol–water partition coefficient (Wildman–Crippen LogP) is 9.26. The fourth-order valence-corrected chi connectivity index (χ4v) is 8.27. The lowest BCUT2D eigenvalue weighted by molar-refractivity contribution is 0.0481. The van der Waals surface area contributed by atoms with Crippen LogP contribution in [0.4, 0.5) is 0 Å². The molecule has 0 fully saturated rings. The van der Waals surface area contributed by atoms with Crippen LogP contribution in [0, 0.1) is 0 Å². The van der Waals surface area contributed by atoms with E-state index in [9.17, 15) is 19.2 Å². The normalized spacial score (nSPS) is 11.5. The van der Waals surface area contributed by atoms with Crippen molar-refractivity contribution in [2.24, 2.45) is 0 Å². The van der Waals surface area contributed by atoms with Crippen LogP contribution in [-0.2, 0) is 44.6 Å². The van der Waals surface area contributed by atoms with Crippen molar-refractivity contribution in [3.8, 4) is 68.5 Å². The number of nitrogens with zero attached hydrogens (tertiary/aromatic N) is 1. The second kappa shape index (κ2) is 16.7. The molecule has 0 radical (unpaired) electrons. The number of hydrogen-bond donors (Lipinski definition) is 4. The van der Waals surface area contributed by atoms with Crippen molar-refractivity contribution in [3.05, 3.63) is 74.8 Å². The standard InChI is InChI=1S/C45H49N5O9/c1-9-22-24(11-3)36-40-32(44(53)57-15-7)30(42(51)55-13-5)38(49-40)28-20-21-29(59-28)39-31(43(52)56-14-6)33(45(54)58-16-8)41(50-39)37-25(12-4)23(10-2)35(48-37)27-19-17-18-26(46-27)34(22)47-36/h17-21,47-50H,9-16H2,1-8H3. The Kier molecular flexibility index (Phi) is 11.5. The molecule has 59 heavy (non-hydrogen) atoms. The fraction of sp³-hybridized carbons (Fsp3) is 0.356.